The predicted molar refractivity (Wildman–Crippen MR) is 72.3 cm³/mol. The van der Waals surface area contributed by atoms with E-state index in [1.54, 1.807) is 0 Å². The van der Waals surface area contributed by atoms with Gasteiger partial charge in [-0.25, -0.2) is 4.39 Å². The summed E-state index contributed by atoms with van der Waals surface area (Å²) in [6.45, 7) is 2.13. The van der Waals surface area contributed by atoms with Crippen molar-refractivity contribution in [1.82, 2.24) is 15.5 Å². The minimum absolute atomic E-state index is 0.0107. The van der Waals surface area contributed by atoms with E-state index in [0.717, 1.165) is 0 Å². The zero-order chi connectivity index (χ0) is 14.5. The van der Waals surface area contributed by atoms with Crippen LogP contribution in [0.5, 0.6) is 5.75 Å². The third kappa shape index (κ3) is 3.91. The summed E-state index contributed by atoms with van der Waals surface area (Å²) >= 11 is 5.66. The van der Waals surface area contributed by atoms with Crippen LogP contribution >= 0.6 is 11.6 Å². The summed E-state index contributed by atoms with van der Waals surface area (Å²) in [5.41, 5.74) is 0. The van der Waals surface area contributed by atoms with E-state index in [9.17, 15) is 4.39 Å². The molecular weight excluding hydrogens is 285 g/mol. The van der Waals surface area contributed by atoms with E-state index in [1.165, 1.54) is 18.2 Å². The van der Waals surface area contributed by atoms with Crippen molar-refractivity contribution in [1.29, 1.82) is 0 Å². The van der Waals surface area contributed by atoms with Gasteiger partial charge in [-0.05, 0) is 26.1 Å². The Morgan fingerprint density at radius 1 is 1.50 bits per heavy atom. The molecule has 5 nitrogen and oxygen atoms in total. The highest BCUT2D eigenvalue weighted by Gasteiger charge is 2.10. The van der Waals surface area contributed by atoms with Crippen LogP contribution in [0.25, 0.3) is 0 Å². The number of halogens is 2. The van der Waals surface area contributed by atoms with Crippen LogP contribution in [-0.2, 0) is 13.0 Å². The van der Waals surface area contributed by atoms with Crippen LogP contribution in [-0.4, -0.2) is 23.2 Å². The Bertz CT molecular complexity index is 576. The molecule has 1 N–H and O–H groups in total. The molecule has 1 atom stereocenters. The van der Waals surface area contributed by atoms with Crippen LogP contribution < -0.4 is 10.1 Å². The van der Waals surface area contributed by atoms with Crippen LogP contribution in [0.3, 0.4) is 0 Å². The molecule has 1 aromatic heterocycles. The monoisotopic (exact) mass is 299 g/mol. The number of likely N-dealkylation sites (N-methyl/N-ethyl adjacent to an activating group) is 1. The fourth-order valence-electron chi connectivity index (χ4n) is 1.52. The van der Waals surface area contributed by atoms with E-state index in [0.29, 0.717) is 23.9 Å². The normalized spacial score (nSPS) is 12.4. The molecule has 0 radical (unpaired) electrons. The first-order valence-corrected chi connectivity index (χ1v) is 6.53. The van der Waals surface area contributed by atoms with Crippen molar-refractivity contribution in [2.24, 2.45) is 0 Å². The highest BCUT2D eigenvalue weighted by atomic mass is 35.5. The molecular formula is C13H15ClFN3O2. The van der Waals surface area contributed by atoms with Crippen molar-refractivity contribution in [3.05, 3.63) is 40.8 Å². The molecule has 0 aliphatic carbocycles. The molecule has 1 aromatic carbocycles. The fraction of sp³-hybridized carbons (Fsp3) is 0.385. The summed E-state index contributed by atoms with van der Waals surface area (Å²) in [6.07, 6.45) is 0.669. The second-order valence-electron chi connectivity index (χ2n) is 4.36. The van der Waals surface area contributed by atoms with Gasteiger partial charge in [-0.2, -0.15) is 4.98 Å². The number of benzene rings is 1. The van der Waals surface area contributed by atoms with Gasteiger partial charge in [0.15, 0.2) is 12.4 Å². The Labute approximate surface area is 121 Å². The summed E-state index contributed by atoms with van der Waals surface area (Å²) in [5, 5.41) is 6.96. The molecule has 0 amide bonds. The third-order valence-electron chi connectivity index (χ3n) is 2.75. The standard InChI is InChI=1S/C13H15ClFN3O2/c1-8(16-2)5-12-17-13(20-18-12)7-19-9-3-4-11(15)10(14)6-9/h3-4,6,8,16H,5,7H2,1-2H3. The minimum Gasteiger partial charge on any atom is -0.484 e. The third-order valence-corrected chi connectivity index (χ3v) is 3.03. The molecule has 0 bridgehead atoms. The fourth-order valence-corrected chi connectivity index (χ4v) is 1.69. The first kappa shape index (κ1) is 14.7. The number of nitrogens with one attached hydrogen (secondary N) is 1. The van der Waals surface area contributed by atoms with Crippen LogP contribution in [0, 0.1) is 5.82 Å². The van der Waals surface area contributed by atoms with Crippen molar-refractivity contribution in [3.63, 3.8) is 0 Å². The van der Waals surface area contributed by atoms with Crippen molar-refractivity contribution >= 4 is 11.6 Å². The number of aromatic nitrogens is 2. The van der Waals surface area contributed by atoms with E-state index in [4.69, 9.17) is 20.9 Å². The maximum Gasteiger partial charge on any atom is 0.264 e. The molecule has 1 heterocycles. The van der Waals surface area contributed by atoms with Gasteiger partial charge in [0.05, 0.1) is 5.02 Å². The van der Waals surface area contributed by atoms with Gasteiger partial charge in [-0.1, -0.05) is 16.8 Å². The zero-order valence-corrected chi connectivity index (χ0v) is 11.9. The maximum absolute atomic E-state index is 13.0. The number of rotatable bonds is 6. The van der Waals surface area contributed by atoms with Crippen molar-refractivity contribution in [3.8, 4) is 5.75 Å². The van der Waals surface area contributed by atoms with Crippen LogP contribution in [0.1, 0.15) is 18.6 Å². The van der Waals surface area contributed by atoms with Gasteiger partial charge in [0.2, 0.25) is 0 Å². The van der Waals surface area contributed by atoms with Gasteiger partial charge in [-0.15, -0.1) is 0 Å². The molecule has 2 aromatic rings. The Balaban J connectivity index is 1.92. The summed E-state index contributed by atoms with van der Waals surface area (Å²) in [7, 11) is 1.87. The van der Waals surface area contributed by atoms with Gasteiger partial charge in [0.1, 0.15) is 11.6 Å². The Morgan fingerprint density at radius 2 is 2.30 bits per heavy atom. The highest BCUT2D eigenvalue weighted by Crippen LogP contribution is 2.21. The lowest BCUT2D eigenvalue weighted by Crippen LogP contribution is -2.24. The Hall–Kier alpha value is -1.66. The van der Waals surface area contributed by atoms with E-state index >= 15 is 0 Å². The topological polar surface area (TPSA) is 60.2 Å². The maximum atomic E-state index is 13.0. The Morgan fingerprint density at radius 3 is 3.00 bits per heavy atom. The average Bonchev–Trinajstić information content (AvgIpc) is 2.87. The smallest absolute Gasteiger partial charge is 0.264 e. The van der Waals surface area contributed by atoms with Gasteiger partial charge in [0, 0.05) is 18.5 Å². The first-order chi connectivity index (χ1) is 9.58. The van der Waals surface area contributed by atoms with E-state index in [1.807, 2.05) is 14.0 Å². The number of hydrogen-bond acceptors (Lipinski definition) is 5. The van der Waals surface area contributed by atoms with Crippen LogP contribution in [0.4, 0.5) is 4.39 Å². The molecule has 0 saturated heterocycles. The molecule has 0 spiro atoms. The van der Waals surface area contributed by atoms with E-state index in [2.05, 4.69) is 15.5 Å². The largest absolute Gasteiger partial charge is 0.484 e. The van der Waals surface area contributed by atoms with E-state index in [-0.39, 0.29) is 17.7 Å². The summed E-state index contributed by atoms with van der Waals surface area (Å²) < 4.78 is 23.5. The molecule has 0 aliphatic heterocycles. The minimum atomic E-state index is -0.486. The van der Waals surface area contributed by atoms with Crippen LogP contribution in [0.15, 0.2) is 22.7 Å². The van der Waals surface area contributed by atoms with Gasteiger partial charge >= 0.3 is 0 Å². The predicted octanol–water partition coefficient (Wildman–Crippen LogP) is 2.59. The summed E-state index contributed by atoms with van der Waals surface area (Å²) in [5.74, 6) is 0.936. The van der Waals surface area contributed by atoms with Gasteiger partial charge < -0.3 is 14.6 Å². The lowest BCUT2D eigenvalue weighted by molar-refractivity contribution is 0.242. The molecule has 2 rings (SSSR count). The number of hydrogen-bond donors (Lipinski definition) is 1. The second kappa shape index (κ2) is 6.67. The van der Waals surface area contributed by atoms with Crippen LogP contribution in [0.2, 0.25) is 5.02 Å². The molecule has 7 heteroatoms. The molecule has 0 fully saturated rings. The molecule has 20 heavy (non-hydrogen) atoms. The summed E-state index contributed by atoms with van der Waals surface area (Å²) in [6, 6.07) is 4.39. The quantitative estimate of drug-likeness (QED) is 0.888. The highest BCUT2D eigenvalue weighted by molar-refractivity contribution is 6.30. The average molecular weight is 300 g/mol. The Kier molecular flexibility index (Phi) is 4.92. The van der Waals surface area contributed by atoms with Gasteiger partial charge in [-0.3, -0.25) is 0 Å². The van der Waals surface area contributed by atoms with Crippen molar-refractivity contribution in [2.75, 3.05) is 7.05 Å². The SMILES string of the molecule is CNC(C)Cc1noc(COc2ccc(F)c(Cl)c2)n1. The number of nitrogens with zero attached hydrogens (tertiary/aromatic N) is 2. The molecule has 1 unspecified atom stereocenters. The summed E-state index contributed by atoms with van der Waals surface area (Å²) in [4.78, 5) is 4.20. The lowest BCUT2D eigenvalue weighted by Gasteiger charge is -2.05. The molecule has 108 valence electrons. The zero-order valence-electron chi connectivity index (χ0n) is 11.2. The van der Waals surface area contributed by atoms with E-state index < -0.39 is 5.82 Å². The number of ether oxygens (including phenoxy) is 1. The van der Waals surface area contributed by atoms with Crippen molar-refractivity contribution in [2.45, 2.75) is 26.0 Å². The van der Waals surface area contributed by atoms with Gasteiger partial charge in [0.25, 0.3) is 5.89 Å². The second-order valence-corrected chi connectivity index (χ2v) is 4.77. The lowest BCUT2D eigenvalue weighted by atomic mass is 10.2. The van der Waals surface area contributed by atoms with Crippen molar-refractivity contribution < 1.29 is 13.7 Å². The molecule has 0 aliphatic rings. The first-order valence-electron chi connectivity index (χ1n) is 6.15. The molecule has 0 saturated carbocycles.